The predicted molar refractivity (Wildman–Crippen MR) is 59.5 cm³/mol. The Hall–Kier alpha value is -0.950. The number of rotatable bonds is 3. The Morgan fingerprint density at radius 2 is 2.23 bits per heavy atom. The first kappa shape index (κ1) is 10.1. The highest BCUT2D eigenvalue weighted by Gasteiger charge is 2.00. The highest BCUT2D eigenvalue weighted by atomic mass is 35.5. The zero-order valence-electron chi connectivity index (χ0n) is 7.97. The minimum absolute atomic E-state index is 0.782. The average molecular weight is 196 g/mol. The smallest absolute Gasteiger partial charge is 0.0640 e. The van der Waals surface area contributed by atoms with E-state index in [0.717, 1.165) is 17.3 Å². The van der Waals surface area contributed by atoms with Crippen molar-refractivity contribution in [2.24, 2.45) is 0 Å². The zero-order chi connectivity index (χ0) is 9.68. The lowest BCUT2D eigenvalue weighted by Crippen LogP contribution is -2.00. The Morgan fingerprint density at radius 1 is 1.46 bits per heavy atom. The van der Waals surface area contributed by atoms with Crippen LogP contribution in [-0.4, -0.2) is 6.54 Å². The topological polar surface area (TPSA) is 12.0 Å². The fourth-order valence-corrected chi connectivity index (χ4v) is 1.42. The van der Waals surface area contributed by atoms with E-state index in [-0.39, 0.29) is 0 Å². The number of allylic oxidation sites excluding steroid dienone is 1. The molecule has 0 saturated carbocycles. The number of anilines is 1. The number of para-hydroxylation sites is 1. The fraction of sp³-hybridized carbons (Fsp3) is 0.273. The predicted octanol–water partition coefficient (Wildman–Crippen LogP) is 3.64. The van der Waals surface area contributed by atoms with Crippen LogP contribution in [0, 0.1) is 6.92 Å². The van der Waals surface area contributed by atoms with Gasteiger partial charge in [-0.25, -0.2) is 0 Å². The highest BCUT2D eigenvalue weighted by Crippen LogP contribution is 2.24. The van der Waals surface area contributed by atoms with Gasteiger partial charge in [0.1, 0.15) is 0 Å². The molecule has 0 fully saturated rings. The van der Waals surface area contributed by atoms with Crippen LogP contribution in [0.4, 0.5) is 5.69 Å². The summed E-state index contributed by atoms with van der Waals surface area (Å²) < 4.78 is 0. The molecule has 0 bridgehead atoms. The van der Waals surface area contributed by atoms with Crippen LogP contribution in [0.25, 0.3) is 0 Å². The minimum atomic E-state index is 0.782. The first-order chi connectivity index (χ1) is 6.25. The van der Waals surface area contributed by atoms with Crippen LogP contribution in [0.5, 0.6) is 0 Å². The van der Waals surface area contributed by atoms with Gasteiger partial charge in [-0.15, -0.1) is 0 Å². The van der Waals surface area contributed by atoms with Gasteiger partial charge in [-0.1, -0.05) is 35.9 Å². The summed E-state index contributed by atoms with van der Waals surface area (Å²) >= 11 is 6.02. The summed E-state index contributed by atoms with van der Waals surface area (Å²) in [4.78, 5) is 0. The van der Waals surface area contributed by atoms with Crippen molar-refractivity contribution in [2.45, 2.75) is 13.8 Å². The first-order valence-corrected chi connectivity index (χ1v) is 4.73. The molecule has 0 saturated heterocycles. The van der Waals surface area contributed by atoms with Crippen molar-refractivity contribution in [3.63, 3.8) is 0 Å². The third-order valence-electron chi connectivity index (χ3n) is 1.85. The molecule has 0 radical (unpaired) electrons. The van der Waals surface area contributed by atoms with Crippen molar-refractivity contribution >= 4 is 17.3 Å². The van der Waals surface area contributed by atoms with Gasteiger partial charge in [0.2, 0.25) is 0 Å². The summed E-state index contributed by atoms with van der Waals surface area (Å²) in [6.07, 6.45) is 4.07. The molecule has 0 aliphatic rings. The van der Waals surface area contributed by atoms with E-state index in [2.05, 4.69) is 11.4 Å². The van der Waals surface area contributed by atoms with Gasteiger partial charge in [0.05, 0.1) is 10.7 Å². The molecule has 70 valence electrons. The molecule has 0 aliphatic heterocycles. The lowest BCUT2D eigenvalue weighted by Gasteiger charge is -2.08. The molecule has 0 amide bonds. The summed E-state index contributed by atoms with van der Waals surface area (Å²) in [5.41, 5.74) is 2.21. The number of nitrogens with one attached hydrogen (secondary N) is 1. The van der Waals surface area contributed by atoms with Crippen molar-refractivity contribution in [3.8, 4) is 0 Å². The molecule has 1 N–H and O–H groups in total. The van der Waals surface area contributed by atoms with Crippen molar-refractivity contribution < 1.29 is 0 Å². The third kappa shape index (κ3) is 2.78. The molecule has 1 aromatic carbocycles. The van der Waals surface area contributed by atoms with Crippen molar-refractivity contribution in [2.75, 3.05) is 11.9 Å². The molecule has 13 heavy (non-hydrogen) atoms. The molecule has 0 spiro atoms. The summed E-state index contributed by atoms with van der Waals surface area (Å²) in [7, 11) is 0. The number of hydrogen-bond donors (Lipinski definition) is 1. The monoisotopic (exact) mass is 195 g/mol. The van der Waals surface area contributed by atoms with Crippen LogP contribution >= 0.6 is 11.6 Å². The van der Waals surface area contributed by atoms with Crippen LogP contribution < -0.4 is 5.32 Å². The SMILES string of the molecule is C/C=C/CNc1c(C)cccc1Cl. The Labute approximate surface area is 84.4 Å². The minimum Gasteiger partial charge on any atom is -0.380 e. The van der Waals surface area contributed by atoms with Gasteiger partial charge in [-0.05, 0) is 25.5 Å². The second kappa shape index (κ2) is 4.93. The van der Waals surface area contributed by atoms with Gasteiger partial charge >= 0.3 is 0 Å². The molecule has 0 heterocycles. The Bertz CT molecular complexity index is 285. The maximum absolute atomic E-state index is 6.02. The maximum Gasteiger partial charge on any atom is 0.0640 e. The Morgan fingerprint density at radius 3 is 2.85 bits per heavy atom. The van der Waals surface area contributed by atoms with Crippen LogP contribution in [-0.2, 0) is 0 Å². The zero-order valence-corrected chi connectivity index (χ0v) is 8.73. The van der Waals surface area contributed by atoms with E-state index in [0.29, 0.717) is 0 Å². The van der Waals surface area contributed by atoms with E-state index in [1.54, 1.807) is 0 Å². The van der Waals surface area contributed by atoms with E-state index in [1.165, 1.54) is 5.56 Å². The molecule has 1 nitrogen and oxygen atoms in total. The molecule has 0 unspecified atom stereocenters. The molecule has 1 rings (SSSR count). The van der Waals surface area contributed by atoms with Crippen LogP contribution in [0.2, 0.25) is 5.02 Å². The summed E-state index contributed by atoms with van der Waals surface area (Å²) in [5.74, 6) is 0. The number of halogens is 1. The van der Waals surface area contributed by atoms with Crippen LogP contribution in [0.15, 0.2) is 30.4 Å². The lowest BCUT2D eigenvalue weighted by atomic mass is 10.2. The molecular formula is C11H14ClN. The summed E-state index contributed by atoms with van der Waals surface area (Å²) in [6.45, 7) is 4.87. The lowest BCUT2D eigenvalue weighted by molar-refractivity contribution is 1.29. The van der Waals surface area contributed by atoms with E-state index < -0.39 is 0 Å². The van der Waals surface area contributed by atoms with Gasteiger partial charge in [0, 0.05) is 6.54 Å². The molecular weight excluding hydrogens is 182 g/mol. The normalized spacial score (nSPS) is 10.7. The first-order valence-electron chi connectivity index (χ1n) is 4.36. The average Bonchev–Trinajstić information content (AvgIpc) is 2.10. The number of hydrogen-bond acceptors (Lipinski definition) is 1. The quantitative estimate of drug-likeness (QED) is 0.727. The highest BCUT2D eigenvalue weighted by molar-refractivity contribution is 6.33. The van der Waals surface area contributed by atoms with E-state index >= 15 is 0 Å². The second-order valence-corrected chi connectivity index (χ2v) is 3.29. The van der Waals surface area contributed by atoms with E-state index in [4.69, 9.17) is 11.6 Å². The van der Waals surface area contributed by atoms with Crippen molar-refractivity contribution in [3.05, 3.63) is 40.9 Å². The number of benzene rings is 1. The van der Waals surface area contributed by atoms with Crippen LogP contribution in [0.3, 0.4) is 0 Å². The van der Waals surface area contributed by atoms with Crippen molar-refractivity contribution in [1.29, 1.82) is 0 Å². The summed E-state index contributed by atoms with van der Waals surface area (Å²) in [5, 5.41) is 4.05. The fourth-order valence-electron chi connectivity index (χ4n) is 1.13. The van der Waals surface area contributed by atoms with E-state index in [9.17, 15) is 0 Å². The standard InChI is InChI=1S/C11H14ClN/c1-3-4-8-13-11-9(2)6-5-7-10(11)12/h3-7,13H,8H2,1-2H3/b4-3+. The molecule has 1 aromatic rings. The summed E-state index contributed by atoms with van der Waals surface area (Å²) in [6, 6.07) is 5.90. The van der Waals surface area contributed by atoms with Crippen LogP contribution in [0.1, 0.15) is 12.5 Å². The maximum atomic E-state index is 6.02. The second-order valence-electron chi connectivity index (χ2n) is 2.88. The molecule has 0 aliphatic carbocycles. The van der Waals surface area contributed by atoms with Gasteiger partial charge in [0.25, 0.3) is 0 Å². The molecule has 0 atom stereocenters. The third-order valence-corrected chi connectivity index (χ3v) is 2.17. The van der Waals surface area contributed by atoms with Crippen molar-refractivity contribution in [1.82, 2.24) is 0 Å². The Kier molecular flexibility index (Phi) is 3.84. The van der Waals surface area contributed by atoms with Gasteiger partial charge in [0.15, 0.2) is 0 Å². The number of aryl methyl sites for hydroxylation is 1. The largest absolute Gasteiger partial charge is 0.380 e. The molecule has 0 aromatic heterocycles. The Balaban J connectivity index is 2.75. The molecule has 2 heteroatoms. The van der Waals surface area contributed by atoms with E-state index in [1.807, 2.05) is 38.1 Å². The van der Waals surface area contributed by atoms with Gasteiger partial charge < -0.3 is 5.32 Å². The van der Waals surface area contributed by atoms with Gasteiger partial charge in [-0.2, -0.15) is 0 Å². The van der Waals surface area contributed by atoms with Gasteiger partial charge in [-0.3, -0.25) is 0 Å².